The molecular formula is C15H23FN2O. The van der Waals surface area contributed by atoms with E-state index in [0.29, 0.717) is 12.6 Å². The van der Waals surface area contributed by atoms with Gasteiger partial charge < -0.3 is 15.0 Å². The Balaban J connectivity index is 2.37. The van der Waals surface area contributed by atoms with Crippen LogP contribution in [0.2, 0.25) is 0 Å². The van der Waals surface area contributed by atoms with Gasteiger partial charge in [-0.25, -0.2) is 4.39 Å². The predicted molar refractivity (Wildman–Crippen MR) is 76.1 cm³/mol. The summed E-state index contributed by atoms with van der Waals surface area (Å²) >= 11 is 0. The van der Waals surface area contributed by atoms with Gasteiger partial charge in [0, 0.05) is 24.3 Å². The Labute approximate surface area is 114 Å². The van der Waals surface area contributed by atoms with Crippen molar-refractivity contribution in [3.63, 3.8) is 0 Å². The Hall–Kier alpha value is -1.13. The Morgan fingerprint density at radius 2 is 2.16 bits per heavy atom. The minimum atomic E-state index is -0.185. The average Bonchev–Trinajstić information content (AvgIpc) is 2.41. The summed E-state index contributed by atoms with van der Waals surface area (Å²) in [6.07, 6.45) is 0.207. The van der Waals surface area contributed by atoms with E-state index in [-0.39, 0.29) is 18.0 Å². The van der Waals surface area contributed by atoms with Crippen LogP contribution < -0.4 is 10.2 Å². The molecule has 0 saturated carbocycles. The highest BCUT2D eigenvalue weighted by atomic mass is 19.1. The average molecular weight is 266 g/mol. The molecule has 0 aliphatic carbocycles. The molecule has 1 aliphatic rings. The second-order valence-electron chi connectivity index (χ2n) is 5.36. The van der Waals surface area contributed by atoms with Gasteiger partial charge in [-0.2, -0.15) is 0 Å². The molecule has 2 rings (SSSR count). The molecule has 1 aromatic carbocycles. The van der Waals surface area contributed by atoms with Crippen molar-refractivity contribution < 1.29 is 9.13 Å². The molecule has 0 radical (unpaired) electrons. The second kappa shape index (κ2) is 5.88. The van der Waals surface area contributed by atoms with Crippen LogP contribution in [0, 0.1) is 5.82 Å². The number of ether oxygens (including phenoxy) is 1. The summed E-state index contributed by atoms with van der Waals surface area (Å²) in [6, 6.07) is 5.48. The normalized spacial score (nSPS) is 25.4. The van der Waals surface area contributed by atoms with Gasteiger partial charge in [-0.15, -0.1) is 0 Å². The molecule has 1 saturated heterocycles. The molecule has 3 atom stereocenters. The molecule has 0 amide bonds. The molecule has 0 bridgehead atoms. The zero-order valence-corrected chi connectivity index (χ0v) is 12.1. The Bertz CT molecular complexity index is 438. The quantitative estimate of drug-likeness (QED) is 0.910. The maximum atomic E-state index is 13.5. The number of hydrogen-bond acceptors (Lipinski definition) is 3. The van der Waals surface area contributed by atoms with Crippen molar-refractivity contribution in [3.05, 3.63) is 29.6 Å². The van der Waals surface area contributed by atoms with E-state index in [0.717, 1.165) is 17.8 Å². The fourth-order valence-corrected chi connectivity index (χ4v) is 2.53. The van der Waals surface area contributed by atoms with Crippen LogP contribution >= 0.6 is 0 Å². The Kier molecular flexibility index (Phi) is 4.42. The van der Waals surface area contributed by atoms with Crippen LogP contribution in [-0.4, -0.2) is 32.3 Å². The Morgan fingerprint density at radius 3 is 2.84 bits per heavy atom. The van der Waals surface area contributed by atoms with Crippen LogP contribution in [0.1, 0.15) is 32.4 Å². The number of morpholine rings is 1. The largest absolute Gasteiger partial charge is 0.375 e. The predicted octanol–water partition coefficient (Wildman–Crippen LogP) is 2.72. The van der Waals surface area contributed by atoms with E-state index in [1.54, 1.807) is 6.07 Å². The summed E-state index contributed by atoms with van der Waals surface area (Å²) in [5.41, 5.74) is 2.11. The molecule has 1 fully saturated rings. The molecule has 3 nitrogen and oxygen atoms in total. The van der Waals surface area contributed by atoms with Gasteiger partial charge in [0.1, 0.15) is 5.82 Å². The van der Waals surface area contributed by atoms with Crippen molar-refractivity contribution in [1.29, 1.82) is 0 Å². The third-order valence-corrected chi connectivity index (χ3v) is 3.81. The lowest BCUT2D eigenvalue weighted by atomic mass is 10.0. The third-order valence-electron chi connectivity index (χ3n) is 3.81. The summed E-state index contributed by atoms with van der Waals surface area (Å²) in [7, 11) is 1.89. The molecule has 1 heterocycles. The van der Waals surface area contributed by atoms with Gasteiger partial charge in [0.15, 0.2) is 0 Å². The van der Waals surface area contributed by atoms with Crippen LogP contribution in [0.3, 0.4) is 0 Å². The lowest BCUT2D eigenvalue weighted by molar-refractivity contribution is 0.0343. The van der Waals surface area contributed by atoms with Gasteiger partial charge in [0.25, 0.3) is 0 Å². The molecule has 0 aromatic heterocycles. The molecule has 1 aliphatic heterocycles. The van der Waals surface area contributed by atoms with E-state index in [9.17, 15) is 4.39 Å². The number of nitrogens with one attached hydrogen (secondary N) is 1. The standard InChI is InChI=1S/C15H23FN2O/c1-10-9-19-11(2)8-18(10)15-6-5-13(16)7-14(15)12(3)17-4/h5-7,10-12,17H,8-9H2,1-4H3. The van der Waals surface area contributed by atoms with Gasteiger partial charge in [0.05, 0.1) is 12.7 Å². The maximum absolute atomic E-state index is 13.5. The van der Waals surface area contributed by atoms with E-state index < -0.39 is 0 Å². The van der Waals surface area contributed by atoms with Gasteiger partial charge in [-0.05, 0) is 51.6 Å². The highest BCUT2D eigenvalue weighted by molar-refractivity contribution is 5.56. The first-order chi connectivity index (χ1) is 9.02. The first-order valence-electron chi connectivity index (χ1n) is 6.88. The van der Waals surface area contributed by atoms with Gasteiger partial charge >= 0.3 is 0 Å². The van der Waals surface area contributed by atoms with Crippen LogP contribution in [-0.2, 0) is 4.74 Å². The smallest absolute Gasteiger partial charge is 0.123 e. The summed E-state index contributed by atoms with van der Waals surface area (Å²) in [5, 5.41) is 3.19. The number of hydrogen-bond donors (Lipinski definition) is 1. The third kappa shape index (κ3) is 3.07. The van der Waals surface area contributed by atoms with E-state index >= 15 is 0 Å². The number of nitrogens with zero attached hydrogens (tertiary/aromatic N) is 1. The first kappa shape index (κ1) is 14.3. The summed E-state index contributed by atoms with van der Waals surface area (Å²) in [4.78, 5) is 2.32. The van der Waals surface area contributed by atoms with Crippen LogP contribution in [0.15, 0.2) is 18.2 Å². The first-order valence-corrected chi connectivity index (χ1v) is 6.88. The lowest BCUT2D eigenvalue weighted by Gasteiger charge is -2.40. The van der Waals surface area contributed by atoms with E-state index in [2.05, 4.69) is 24.1 Å². The topological polar surface area (TPSA) is 24.5 Å². The maximum Gasteiger partial charge on any atom is 0.123 e. The van der Waals surface area contributed by atoms with Gasteiger partial charge in [0.2, 0.25) is 0 Å². The Morgan fingerprint density at radius 1 is 1.42 bits per heavy atom. The van der Waals surface area contributed by atoms with Crippen LogP contribution in [0.5, 0.6) is 0 Å². The fourth-order valence-electron chi connectivity index (χ4n) is 2.53. The molecule has 106 valence electrons. The van der Waals surface area contributed by atoms with Crippen molar-refractivity contribution >= 4 is 5.69 Å². The summed E-state index contributed by atoms with van der Waals surface area (Å²) in [5.74, 6) is -0.185. The molecule has 19 heavy (non-hydrogen) atoms. The van der Waals surface area contributed by atoms with Crippen molar-refractivity contribution in [1.82, 2.24) is 5.32 Å². The van der Waals surface area contributed by atoms with E-state index in [1.165, 1.54) is 6.07 Å². The van der Waals surface area contributed by atoms with E-state index in [1.807, 2.05) is 20.0 Å². The van der Waals surface area contributed by atoms with Crippen LogP contribution in [0.25, 0.3) is 0 Å². The second-order valence-corrected chi connectivity index (χ2v) is 5.36. The number of benzene rings is 1. The zero-order chi connectivity index (χ0) is 14.0. The molecule has 1 aromatic rings. The summed E-state index contributed by atoms with van der Waals surface area (Å²) < 4.78 is 19.2. The highest BCUT2D eigenvalue weighted by Gasteiger charge is 2.26. The molecule has 4 heteroatoms. The molecular weight excluding hydrogens is 243 g/mol. The number of anilines is 1. The van der Waals surface area contributed by atoms with E-state index in [4.69, 9.17) is 4.74 Å². The van der Waals surface area contributed by atoms with Gasteiger partial charge in [-0.1, -0.05) is 0 Å². The molecule has 1 N–H and O–H groups in total. The molecule has 0 spiro atoms. The van der Waals surface area contributed by atoms with Crippen molar-refractivity contribution in [3.8, 4) is 0 Å². The SMILES string of the molecule is CNC(C)c1cc(F)ccc1N1CC(C)OCC1C. The van der Waals surface area contributed by atoms with Crippen molar-refractivity contribution in [2.45, 2.75) is 39.0 Å². The van der Waals surface area contributed by atoms with Crippen LogP contribution in [0.4, 0.5) is 10.1 Å². The fraction of sp³-hybridized carbons (Fsp3) is 0.600. The molecule has 3 unspecified atom stereocenters. The van der Waals surface area contributed by atoms with Gasteiger partial charge in [-0.3, -0.25) is 0 Å². The zero-order valence-electron chi connectivity index (χ0n) is 12.1. The number of rotatable bonds is 3. The summed E-state index contributed by atoms with van der Waals surface area (Å²) in [6.45, 7) is 7.82. The van der Waals surface area contributed by atoms with Crippen molar-refractivity contribution in [2.24, 2.45) is 0 Å². The monoisotopic (exact) mass is 266 g/mol. The number of halogens is 1. The minimum Gasteiger partial charge on any atom is -0.375 e. The lowest BCUT2D eigenvalue weighted by Crippen LogP contribution is -2.48. The van der Waals surface area contributed by atoms with Crippen molar-refractivity contribution in [2.75, 3.05) is 25.1 Å². The highest BCUT2D eigenvalue weighted by Crippen LogP contribution is 2.30. The minimum absolute atomic E-state index is 0.121.